The van der Waals surface area contributed by atoms with Gasteiger partial charge in [-0.05, 0) is 50.0 Å². The summed E-state index contributed by atoms with van der Waals surface area (Å²) in [6.45, 7) is 1.19. The van der Waals surface area contributed by atoms with Crippen molar-refractivity contribution in [2.75, 3.05) is 39.2 Å². The summed E-state index contributed by atoms with van der Waals surface area (Å²) in [5.74, 6) is 0.431. The number of fused-ring (bicyclic) bond motifs is 1. The van der Waals surface area contributed by atoms with Crippen molar-refractivity contribution < 1.29 is 14.6 Å². The lowest BCUT2D eigenvalue weighted by atomic mass is 10.1. The molecule has 0 spiro atoms. The molecule has 2 unspecified atom stereocenters. The van der Waals surface area contributed by atoms with Crippen LogP contribution in [0.2, 0.25) is 5.02 Å². The van der Waals surface area contributed by atoms with Crippen LogP contribution in [0.5, 0.6) is 5.75 Å². The summed E-state index contributed by atoms with van der Waals surface area (Å²) in [4.78, 5) is 17.6. The first-order chi connectivity index (χ1) is 12.9. The number of aliphatic hydroxyl groups is 1. The van der Waals surface area contributed by atoms with Crippen molar-refractivity contribution in [2.24, 2.45) is 0 Å². The fraction of sp³-hybridized carbons (Fsp3) is 0.350. The van der Waals surface area contributed by atoms with Crippen LogP contribution in [0.1, 0.15) is 10.8 Å². The average molecular weight is 443 g/mol. The molecule has 1 heterocycles. The first kappa shape index (κ1) is 22.8. The summed E-state index contributed by atoms with van der Waals surface area (Å²) < 4.78 is 5.21. The number of carbonyl (C=O) groups is 1. The summed E-state index contributed by atoms with van der Waals surface area (Å²) in [5.41, 5.74) is 1.65. The van der Waals surface area contributed by atoms with E-state index in [9.17, 15) is 9.90 Å². The van der Waals surface area contributed by atoms with Crippen molar-refractivity contribution in [3.8, 4) is 5.75 Å². The van der Waals surface area contributed by atoms with E-state index < -0.39 is 11.4 Å². The molecule has 2 atom stereocenters. The lowest BCUT2D eigenvalue weighted by Crippen LogP contribution is -2.43. The molecule has 2 aromatic carbocycles. The summed E-state index contributed by atoms with van der Waals surface area (Å²) in [5, 5.41) is 11.1. The zero-order valence-electron chi connectivity index (χ0n) is 16.0. The molecule has 2 aromatic rings. The molecule has 1 N–H and O–H groups in total. The normalized spacial score (nSPS) is 19.1. The van der Waals surface area contributed by atoms with E-state index in [-0.39, 0.29) is 18.3 Å². The van der Waals surface area contributed by atoms with Gasteiger partial charge in [0.2, 0.25) is 0 Å². The first-order valence-corrected chi connectivity index (χ1v) is 9.91. The third kappa shape index (κ3) is 4.93. The van der Waals surface area contributed by atoms with Crippen LogP contribution in [-0.2, 0) is 4.79 Å². The highest BCUT2D eigenvalue weighted by Gasteiger charge is 2.37. The Labute approximate surface area is 181 Å². The number of anilines is 1. The molecular formula is C20H24Cl2N2O3S. The molecule has 0 fully saturated rings. The molecule has 1 amide bonds. The molecule has 5 nitrogen and oxygen atoms in total. The number of aliphatic hydroxyl groups excluding tert-OH is 1. The SMILES string of the molecule is COc1ccc(C2Sc3cc(Cl)ccc3N(CCN(C)C)C(=O)C2O)cc1.Cl. The summed E-state index contributed by atoms with van der Waals surface area (Å²) in [6.07, 6.45) is -1.16. The van der Waals surface area contributed by atoms with Crippen molar-refractivity contribution in [2.45, 2.75) is 16.2 Å². The van der Waals surface area contributed by atoms with Gasteiger partial charge in [-0.25, -0.2) is 0 Å². The quantitative estimate of drug-likeness (QED) is 0.761. The highest BCUT2D eigenvalue weighted by atomic mass is 35.5. The van der Waals surface area contributed by atoms with Gasteiger partial charge in [0.15, 0.2) is 0 Å². The van der Waals surface area contributed by atoms with E-state index >= 15 is 0 Å². The number of thioether (sulfide) groups is 1. The highest BCUT2D eigenvalue weighted by molar-refractivity contribution is 7.99. The minimum atomic E-state index is -1.16. The van der Waals surface area contributed by atoms with Crippen LogP contribution in [-0.4, -0.2) is 56.3 Å². The molecule has 1 aliphatic rings. The van der Waals surface area contributed by atoms with E-state index in [4.69, 9.17) is 16.3 Å². The highest BCUT2D eigenvalue weighted by Crippen LogP contribution is 2.46. The molecule has 0 aliphatic carbocycles. The van der Waals surface area contributed by atoms with Crippen LogP contribution in [0, 0.1) is 0 Å². The van der Waals surface area contributed by atoms with Crippen molar-refractivity contribution in [1.29, 1.82) is 0 Å². The van der Waals surface area contributed by atoms with Crippen molar-refractivity contribution in [1.82, 2.24) is 4.90 Å². The van der Waals surface area contributed by atoms with Gasteiger partial charge in [0.1, 0.15) is 11.9 Å². The van der Waals surface area contributed by atoms with Gasteiger partial charge in [-0.2, -0.15) is 0 Å². The van der Waals surface area contributed by atoms with Gasteiger partial charge in [-0.15, -0.1) is 24.2 Å². The zero-order chi connectivity index (χ0) is 19.6. The average Bonchev–Trinajstić information content (AvgIpc) is 2.75. The number of hydrogen-bond acceptors (Lipinski definition) is 5. The molecule has 8 heteroatoms. The maximum absolute atomic E-state index is 13.1. The molecule has 1 aliphatic heterocycles. The van der Waals surface area contributed by atoms with Crippen LogP contribution < -0.4 is 9.64 Å². The lowest BCUT2D eigenvalue weighted by molar-refractivity contribution is -0.126. The van der Waals surface area contributed by atoms with Gasteiger partial charge in [0, 0.05) is 23.0 Å². The topological polar surface area (TPSA) is 53.0 Å². The van der Waals surface area contributed by atoms with Crippen molar-refractivity contribution in [3.05, 3.63) is 53.1 Å². The monoisotopic (exact) mass is 442 g/mol. The third-order valence-corrected chi connectivity index (χ3v) is 6.09. The molecule has 0 radical (unpaired) electrons. The maximum Gasteiger partial charge on any atom is 0.257 e. The Balaban J connectivity index is 0.00000280. The minimum Gasteiger partial charge on any atom is -0.497 e. The largest absolute Gasteiger partial charge is 0.497 e. The standard InChI is InChI=1S/C20H23ClN2O3S.ClH/c1-22(2)10-11-23-16-9-6-14(21)12-17(16)27-19(18(24)20(23)25)13-4-7-15(26-3)8-5-13;/h4-9,12,18-19,24H,10-11H2,1-3H3;1H. The molecule has 152 valence electrons. The fourth-order valence-corrected chi connectivity index (χ4v) is 4.53. The number of carbonyl (C=O) groups excluding carboxylic acids is 1. The van der Waals surface area contributed by atoms with E-state index in [1.807, 2.05) is 55.4 Å². The van der Waals surface area contributed by atoms with Crippen molar-refractivity contribution >= 4 is 47.4 Å². The minimum absolute atomic E-state index is 0. The van der Waals surface area contributed by atoms with Gasteiger partial charge in [0.25, 0.3) is 5.91 Å². The Morgan fingerprint density at radius 2 is 1.89 bits per heavy atom. The van der Waals surface area contributed by atoms with Crippen LogP contribution in [0.3, 0.4) is 0 Å². The maximum atomic E-state index is 13.1. The van der Waals surface area contributed by atoms with Crippen LogP contribution in [0.15, 0.2) is 47.4 Å². The Kier molecular flexibility index (Phi) is 8.04. The molecule has 0 aromatic heterocycles. The third-order valence-electron chi connectivity index (χ3n) is 4.49. The van der Waals surface area contributed by atoms with E-state index in [1.54, 1.807) is 18.1 Å². The predicted octanol–water partition coefficient (Wildman–Crippen LogP) is 3.87. The lowest BCUT2D eigenvalue weighted by Gasteiger charge is -2.26. The summed E-state index contributed by atoms with van der Waals surface area (Å²) >= 11 is 7.66. The fourth-order valence-electron chi connectivity index (χ4n) is 2.99. The van der Waals surface area contributed by atoms with Gasteiger partial charge in [0.05, 0.1) is 18.0 Å². The van der Waals surface area contributed by atoms with Gasteiger partial charge in [-0.3, -0.25) is 4.79 Å². The second-order valence-corrected chi connectivity index (χ2v) is 8.28. The zero-order valence-corrected chi connectivity index (χ0v) is 18.4. The summed E-state index contributed by atoms with van der Waals surface area (Å²) in [7, 11) is 5.52. The predicted molar refractivity (Wildman–Crippen MR) is 117 cm³/mol. The van der Waals surface area contributed by atoms with Crippen LogP contribution in [0.25, 0.3) is 0 Å². The number of rotatable bonds is 5. The smallest absolute Gasteiger partial charge is 0.257 e. The first-order valence-electron chi connectivity index (χ1n) is 8.65. The van der Waals surface area contributed by atoms with Crippen LogP contribution in [0.4, 0.5) is 5.69 Å². The van der Waals surface area contributed by atoms with Gasteiger partial charge < -0.3 is 19.6 Å². The molecule has 3 rings (SSSR count). The number of ether oxygens (including phenoxy) is 1. The van der Waals surface area contributed by atoms with Gasteiger partial charge in [-0.1, -0.05) is 23.7 Å². The van der Waals surface area contributed by atoms with Crippen molar-refractivity contribution in [3.63, 3.8) is 0 Å². The molecular weight excluding hydrogens is 419 g/mol. The Morgan fingerprint density at radius 1 is 1.21 bits per heavy atom. The van der Waals surface area contributed by atoms with E-state index in [2.05, 4.69) is 0 Å². The number of likely N-dealkylation sites (N-methyl/N-ethyl adjacent to an activating group) is 1. The number of halogens is 2. The van der Waals surface area contributed by atoms with Gasteiger partial charge >= 0.3 is 0 Å². The Bertz CT molecular complexity index is 818. The number of benzene rings is 2. The molecule has 0 saturated carbocycles. The molecule has 28 heavy (non-hydrogen) atoms. The summed E-state index contributed by atoms with van der Waals surface area (Å²) in [6, 6.07) is 12.9. The van der Waals surface area contributed by atoms with E-state index in [0.29, 0.717) is 18.1 Å². The molecule has 0 saturated heterocycles. The Hall–Kier alpha value is -1.44. The second kappa shape index (κ2) is 9.85. The number of hydrogen-bond donors (Lipinski definition) is 1. The van der Waals surface area contributed by atoms with E-state index in [1.165, 1.54) is 11.8 Å². The van der Waals surface area contributed by atoms with E-state index in [0.717, 1.165) is 21.9 Å². The Morgan fingerprint density at radius 3 is 2.50 bits per heavy atom. The molecule has 0 bridgehead atoms. The number of amides is 1. The second-order valence-electron chi connectivity index (χ2n) is 6.66. The van der Waals surface area contributed by atoms with Crippen LogP contribution >= 0.6 is 35.8 Å². The number of nitrogens with zero attached hydrogens (tertiary/aromatic N) is 2. The number of methoxy groups -OCH3 is 1.